The molecule has 5 nitrogen and oxygen atoms in total. The highest BCUT2D eigenvalue weighted by Crippen LogP contribution is 2.27. The lowest BCUT2D eigenvalue weighted by atomic mass is 10.00. The van der Waals surface area contributed by atoms with Gasteiger partial charge < -0.3 is 15.4 Å². The summed E-state index contributed by atoms with van der Waals surface area (Å²) in [5.74, 6) is -0.469. The highest BCUT2D eigenvalue weighted by atomic mass is 35.5. The third-order valence-corrected chi connectivity index (χ3v) is 3.90. The number of benzene rings is 2. The van der Waals surface area contributed by atoms with Crippen molar-refractivity contribution in [2.75, 3.05) is 19.0 Å². The molecule has 0 bridgehead atoms. The van der Waals surface area contributed by atoms with E-state index in [-0.39, 0.29) is 17.8 Å². The van der Waals surface area contributed by atoms with Crippen LogP contribution in [0.25, 0.3) is 0 Å². The maximum Gasteiger partial charge on any atom is 0.230 e. The monoisotopic (exact) mass is 347 g/mol. The van der Waals surface area contributed by atoms with Gasteiger partial charge in [0.1, 0.15) is 19.0 Å². The number of hydrogen-bond acceptors (Lipinski definition) is 4. The van der Waals surface area contributed by atoms with Crippen molar-refractivity contribution >= 4 is 29.2 Å². The first-order chi connectivity index (χ1) is 11.6. The summed E-state index contributed by atoms with van der Waals surface area (Å²) in [5, 5.41) is 20.1. The van der Waals surface area contributed by atoms with E-state index in [1.165, 1.54) is 19.4 Å². The fraction of sp³-hybridized carbons (Fsp3) is 0.176. The molecule has 0 radical (unpaired) electrons. The van der Waals surface area contributed by atoms with Crippen LogP contribution in [0.15, 0.2) is 47.6 Å². The Balaban J connectivity index is 2.20. The normalized spacial score (nSPS) is 17.4. The zero-order valence-electron chi connectivity index (χ0n) is 12.9. The molecular weight excluding hydrogens is 333 g/mol. The Morgan fingerprint density at radius 1 is 1.33 bits per heavy atom. The number of oxime groups is 1. The maximum absolute atomic E-state index is 14.3. The van der Waals surface area contributed by atoms with Crippen molar-refractivity contribution < 1.29 is 14.0 Å². The molecule has 124 valence electrons. The molecule has 0 spiro atoms. The molecule has 2 aromatic carbocycles. The van der Waals surface area contributed by atoms with Gasteiger partial charge in [-0.2, -0.15) is 0 Å². The average Bonchev–Trinajstić information content (AvgIpc) is 2.69. The number of anilines is 1. The summed E-state index contributed by atoms with van der Waals surface area (Å²) in [6, 6.07) is 10.9. The Kier molecular flexibility index (Phi) is 4.66. The van der Waals surface area contributed by atoms with Crippen LogP contribution < -0.4 is 5.32 Å². The summed E-state index contributed by atoms with van der Waals surface area (Å²) < 4.78 is 15.0. The minimum Gasteiger partial charge on any atom is -0.623 e. The average molecular weight is 348 g/mol. The van der Waals surface area contributed by atoms with E-state index in [9.17, 15) is 9.60 Å². The van der Waals surface area contributed by atoms with Crippen molar-refractivity contribution in [1.29, 1.82) is 0 Å². The van der Waals surface area contributed by atoms with Gasteiger partial charge in [-0.1, -0.05) is 28.9 Å². The van der Waals surface area contributed by atoms with Crippen molar-refractivity contribution in [2.45, 2.75) is 6.04 Å². The van der Waals surface area contributed by atoms with Crippen molar-refractivity contribution in [3.8, 4) is 0 Å². The third-order valence-electron chi connectivity index (χ3n) is 3.66. The molecule has 0 saturated carbocycles. The van der Waals surface area contributed by atoms with Crippen LogP contribution in [0, 0.1) is 11.0 Å². The molecule has 0 fully saturated rings. The van der Waals surface area contributed by atoms with Gasteiger partial charge in [-0.05, 0) is 30.3 Å². The molecule has 0 aromatic heterocycles. The second-order valence-electron chi connectivity index (χ2n) is 5.27. The van der Waals surface area contributed by atoms with Crippen LogP contribution in [0.2, 0.25) is 5.02 Å². The summed E-state index contributed by atoms with van der Waals surface area (Å²) in [5.41, 5.74) is 1.66. The number of hydroxylamine groups is 1. The number of fused-ring (bicyclic) bond motifs is 1. The lowest BCUT2D eigenvalue weighted by Crippen LogP contribution is -2.30. The van der Waals surface area contributed by atoms with E-state index in [1.807, 2.05) is 0 Å². The highest BCUT2D eigenvalue weighted by molar-refractivity contribution is 6.31. The van der Waals surface area contributed by atoms with Gasteiger partial charge >= 0.3 is 0 Å². The van der Waals surface area contributed by atoms with Gasteiger partial charge in [0.05, 0.1) is 17.3 Å². The Bertz CT molecular complexity index is 823. The third kappa shape index (κ3) is 3.19. The summed E-state index contributed by atoms with van der Waals surface area (Å²) in [7, 11) is 1.42. The van der Waals surface area contributed by atoms with Crippen LogP contribution in [0.3, 0.4) is 0 Å². The van der Waals surface area contributed by atoms with Gasteiger partial charge in [0, 0.05) is 10.7 Å². The second-order valence-corrected chi connectivity index (χ2v) is 5.70. The van der Waals surface area contributed by atoms with E-state index >= 15 is 0 Å². The van der Waals surface area contributed by atoms with Crippen LogP contribution in [0.4, 0.5) is 10.1 Å². The first kappa shape index (κ1) is 16.3. The zero-order valence-corrected chi connectivity index (χ0v) is 13.6. The number of nitrogens with one attached hydrogen (secondary N) is 1. The first-order valence-corrected chi connectivity index (χ1v) is 7.67. The predicted molar refractivity (Wildman–Crippen MR) is 92.5 cm³/mol. The molecule has 1 heterocycles. The van der Waals surface area contributed by atoms with Gasteiger partial charge in [0.25, 0.3) is 0 Å². The molecule has 0 saturated heterocycles. The van der Waals surface area contributed by atoms with Crippen molar-refractivity contribution in [3.05, 3.63) is 69.6 Å². The maximum atomic E-state index is 14.3. The molecule has 7 heteroatoms. The van der Waals surface area contributed by atoms with E-state index in [0.29, 0.717) is 16.3 Å². The van der Waals surface area contributed by atoms with Gasteiger partial charge in [-0.25, -0.2) is 9.13 Å². The molecule has 0 aliphatic carbocycles. The Morgan fingerprint density at radius 2 is 2.12 bits per heavy atom. The van der Waals surface area contributed by atoms with E-state index in [2.05, 4.69) is 15.3 Å². The van der Waals surface area contributed by atoms with E-state index < -0.39 is 11.9 Å². The summed E-state index contributed by atoms with van der Waals surface area (Å²) >= 11 is 6.09. The largest absolute Gasteiger partial charge is 0.623 e. The molecule has 3 rings (SSSR count). The van der Waals surface area contributed by atoms with Crippen LogP contribution in [0.1, 0.15) is 11.1 Å². The molecule has 1 aliphatic rings. The molecule has 1 unspecified atom stereocenters. The molecular formula is C17H15ClFN3O2. The van der Waals surface area contributed by atoms with Crippen molar-refractivity contribution in [2.24, 2.45) is 5.16 Å². The lowest BCUT2D eigenvalue weighted by molar-refractivity contribution is -0.455. The number of nitrogens with zero attached hydrogens (tertiary/aromatic N) is 2. The fourth-order valence-electron chi connectivity index (χ4n) is 2.64. The lowest BCUT2D eigenvalue weighted by Gasteiger charge is -2.11. The minimum atomic E-state index is -0.469. The molecule has 2 aromatic rings. The quantitative estimate of drug-likeness (QED) is 0.401. The molecule has 1 N–H and O–H groups in total. The number of benzodiazepines with no additional fused rings is 1. The Labute approximate surface area is 143 Å². The van der Waals surface area contributed by atoms with Crippen LogP contribution >= 0.6 is 11.6 Å². The standard InChI is InChI=1S/C17H15ClFN3O2/c1-24-20-9-12-10-22(23)17(13-4-2-3-5-15(13)19)14-8-11(18)6-7-16(14)21-12/h2-9,12,21H,10H2,1H3/b20-9+. The highest BCUT2D eigenvalue weighted by Gasteiger charge is 2.28. The van der Waals surface area contributed by atoms with Gasteiger partial charge in [0.15, 0.2) is 6.54 Å². The molecule has 24 heavy (non-hydrogen) atoms. The number of rotatable bonds is 3. The van der Waals surface area contributed by atoms with Crippen molar-refractivity contribution in [1.82, 2.24) is 0 Å². The molecule has 0 amide bonds. The van der Waals surface area contributed by atoms with E-state index in [1.54, 1.807) is 36.4 Å². The van der Waals surface area contributed by atoms with Crippen LogP contribution in [0.5, 0.6) is 0 Å². The minimum absolute atomic E-state index is 0.0445. The topological polar surface area (TPSA) is 59.7 Å². The van der Waals surface area contributed by atoms with Gasteiger partial charge in [-0.3, -0.25) is 0 Å². The van der Waals surface area contributed by atoms with Crippen molar-refractivity contribution in [3.63, 3.8) is 0 Å². The Hall–Kier alpha value is -2.60. The predicted octanol–water partition coefficient (Wildman–Crippen LogP) is 3.25. The van der Waals surface area contributed by atoms with E-state index in [4.69, 9.17) is 11.6 Å². The first-order valence-electron chi connectivity index (χ1n) is 7.30. The van der Waals surface area contributed by atoms with Crippen LogP contribution in [-0.4, -0.2) is 36.4 Å². The molecule has 1 aliphatic heterocycles. The zero-order chi connectivity index (χ0) is 17.1. The molecule has 1 atom stereocenters. The van der Waals surface area contributed by atoms with Gasteiger partial charge in [0.2, 0.25) is 5.71 Å². The SMILES string of the molecule is CO/N=C/C1C[N+]([O-])=C(c2ccccc2F)c2cc(Cl)ccc2N1. The summed E-state index contributed by atoms with van der Waals surface area (Å²) in [6.45, 7) is 0.0445. The number of halogens is 2. The fourth-order valence-corrected chi connectivity index (χ4v) is 2.81. The second kappa shape index (κ2) is 6.88. The van der Waals surface area contributed by atoms with E-state index in [0.717, 1.165) is 4.74 Å². The smallest absolute Gasteiger partial charge is 0.230 e. The van der Waals surface area contributed by atoms with Crippen LogP contribution in [-0.2, 0) is 4.84 Å². The summed E-state index contributed by atoms with van der Waals surface area (Å²) in [6.07, 6.45) is 1.49. The van der Waals surface area contributed by atoms with Gasteiger partial charge in [-0.15, -0.1) is 0 Å². The Morgan fingerprint density at radius 3 is 2.88 bits per heavy atom. The summed E-state index contributed by atoms with van der Waals surface area (Å²) in [4.78, 5) is 4.68. The number of hydrogen-bond donors (Lipinski definition) is 1.